The standard InChI is InChI=1S/C15H18N2/c1-10(12-6-4-3-5-7-12)13-8-9-14(16)11(2)15(13)17/h3-10H,16-17H2,1-2H3. The van der Waals surface area contributed by atoms with Crippen molar-refractivity contribution in [3.63, 3.8) is 0 Å². The number of rotatable bonds is 2. The fraction of sp³-hybridized carbons (Fsp3) is 0.200. The van der Waals surface area contributed by atoms with Crippen LogP contribution in [0.5, 0.6) is 0 Å². The predicted molar refractivity (Wildman–Crippen MR) is 74.0 cm³/mol. The van der Waals surface area contributed by atoms with Gasteiger partial charge in [-0.05, 0) is 29.7 Å². The molecule has 0 aliphatic rings. The van der Waals surface area contributed by atoms with Crippen LogP contribution >= 0.6 is 0 Å². The Morgan fingerprint density at radius 1 is 0.941 bits per heavy atom. The summed E-state index contributed by atoms with van der Waals surface area (Å²) >= 11 is 0. The minimum atomic E-state index is 0.287. The maximum Gasteiger partial charge on any atom is 0.0403 e. The number of hydrogen-bond donors (Lipinski definition) is 2. The maximum absolute atomic E-state index is 6.14. The molecule has 0 aliphatic carbocycles. The Hall–Kier alpha value is -1.96. The first-order chi connectivity index (χ1) is 8.11. The van der Waals surface area contributed by atoms with Crippen molar-refractivity contribution in [2.75, 3.05) is 11.5 Å². The molecule has 88 valence electrons. The van der Waals surface area contributed by atoms with Crippen LogP contribution in [0.15, 0.2) is 42.5 Å². The predicted octanol–water partition coefficient (Wildman–Crippen LogP) is 3.31. The summed E-state index contributed by atoms with van der Waals surface area (Å²) in [5.74, 6) is 0.287. The molecular weight excluding hydrogens is 208 g/mol. The van der Waals surface area contributed by atoms with E-state index in [1.54, 1.807) is 0 Å². The van der Waals surface area contributed by atoms with E-state index in [0.717, 1.165) is 22.5 Å². The molecule has 2 nitrogen and oxygen atoms in total. The lowest BCUT2D eigenvalue weighted by Crippen LogP contribution is -2.04. The number of nitrogen functional groups attached to an aromatic ring is 2. The lowest BCUT2D eigenvalue weighted by atomic mass is 9.90. The molecule has 1 atom stereocenters. The summed E-state index contributed by atoms with van der Waals surface area (Å²) in [7, 11) is 0. The summed E-state index contributed by atoms with van der Waals surface area (Å²) in [5, 5.41) is 0. The van der Waals surface area contributed by atoms with Crippen molar-refractivity contribution >= 4 is 11.4 Å². The second kappa shape index (κ2) is 4.50. The number of benzene rings is 2. The first-order valence-electron chi connectivity index (χ1n) is 5.80. The highest BCUT2D eigenvalue weighted by molar-refractivity contribution is 5.66. The molecule has 2 aromatic carbocycles. The van der Waals surface area contributed by atoms with E-state index < -0.39 is 0 Å². The topological polar surface area (TPSA) is 52.0 Å². The van der Waals surface area contributed by atoms with Gasteiger partial charge in [0.1, 0.15) is 0 Å². The molecule has 0 saturated carbocycles. The molecule has 17 heavy (non-hydrogen) atoms. The zero-order valence-corrected chi connectivity index (χ0v) is 10.3. The van der Waals surface area contributed by atoms with E-state index in [-0.39, 0.29) is 5.92 Å². The maximum atomic E-state index is 6.14. The van der Waals surface area contributed by atoms with Gasteiger partial charge in [-0.25, -0.2) is 0 Å². The Kier molecular flexibility index (Phi) is 3.05. The molecule has 2 aromatic rings. The van der Waals surface area contributed by atoms with Gasteiger partial charge in [0.2, 0.25) is 0 Å². The van der Waals surface area contributed by atoms with E-state index >= 15 is 0 Å². The molecule has 1 unspecified atom stereocenters. The van der Waals surface area contributed by atoms with E-state index in [2.05, 4.69) is 19.1 Å². The van der Waals surface area contributed by atoms with Crippen molar-refractivity contribution in [2.24, 2.45) is 0 Å². The van der Waals surface area contributed by atoms with Crippen molar-refractivity contribution in [1.29, 1.82) is 0 Å². The zero-order chi connectivity index (χ0) is 12.4. The molecule has 2 rings (SSSR count). The molecule has 0 aromatic heterocycles. The number of hydrogen-bond acceptors (Lipinski definition) is 2. The molecule has 0 heterocycles. The molecule has 4 N–H and O–H groups in total. The van der Waals surface area contributed by atoms with Crippen molar-refractivity contribution in [3.8, 4) is 0 Å². The SMILES string of the molecule is Cc1c(N)ccc(C(C)c2ccccc2)c1N. The van der Waals surface area contributed by atoms with Gasteiger partial charge in [0.25, 0.3) is 0 Å². The molecule has 0 spiro atoms. The van der Waals surface area contributed by atoms with Crippen LogP contribution in [-0.4, -0.2) is 0 Å². The highest BCUT2D eigenvalue weighted by atomic mass is 14.6. The van der Waals surface area contributed by atoms with Crippen LogP contribution in [0.2, 0.25) is 0 Å². The van der Waals surface area contributed by atoms with Gasteiger partial charge < -0.3 is 11.5 Å². The van der Waals surface area contributed by atoms with Crippen LogP contribution in [0.3, 0.4) is 0 Å². The Labute approximate surface area is 102 Å². The third kappa shape index (κ3) is 2.11. The summed E-state index contributed by atoms with van der Waals surface area (Å²) in [5.41, 5.74) is 16.9. The van der Waals surface area contributed by atoms with Crippen LogP contribution < -0.4 is 11.5 Å². The van der Waals surface area contributed by atoms with Crippen molar-refractivity contribution < 1.29 is 0 Å². The van der Waals surface area contributed by atoms with Gasteiger partial charge in [0.15, 0.2) is 0 Å². The molecule has 2 heteroatoms. The van der Waals surface area contributed by atoms with Gasteiger partial charge in [-0.15, -0.1) is 0 Å². The highest BCUT2D eigenvalue weighted by Crippen LogP contribution is 2.32. The van der Waals surface area contributed by atoms with Gasteiger partial charge in [0, 0.05) is 17.3 Å². The van der Waals surface area contributed by atoms with Gasteiger partial charge in [-0.3, -0.25) is 0 Å². The van der Waals surface area contributed by atoms with E-state index in [9.17, 15) is 0 Å². The van der Waals surface area contributed by atoms with Crippen LogP contribution in [0.1, 0.15) is 29.5 Å². The normalized spacial score (nSPS) is 12.4. The first kappa shape index (κ1) is 11.5. The third-order valence-corrected chi connectivity index (χ3v) is 3.36. The largest absolute Gasteiger partial charge is 0.398 e. The van der Waals surface area contributed by atoms with Crippen molar-refractivity contribution in [2.45, 2.75) is 19.8 Å². The minimum absolute atomic E-state index is 0.287. The van der Waals surface area contributed by atoms with Crippen LogP contribution in [0, 0.1) is 6.92 Å². The molecule has 0 aliphatic heterocycles. The third-order valence-electron chi connectivity index (χ3n) is 3.36. The summed E-state index contributed by atoms with van der Waals surface area (Å²) in [6.45, 7) is 4.13. The zero-order valence-electron chi connectivity index (χ0n) is 10.3. The lowest BCUT2D eigenvalue weighted by molar-refractivity contribution is 0.924. The molecule has 0 saturated heterocycles. The second-order valence-corrected chi connectivity index (χ2v) is 4.42. The Morgan fingerprint density at radius 3 is 2.24 bits per heavy atom. The average molecular weight is 226 g/mol. The quantitative estimate of drug-likeness (QED) is 0.772. The molecule has 0 amide bonds. The average Bonchev–Trinajstić information content (AvgIpc) is 2.36. The molecule has 0 radical (unpaired) electrons. The van der Waals surface area contributed by atoms with Crippen molar-refractivity contribution in [3.05, 3.63) is 59.2 Å². The summed E-state index contributed by atoms with van der Waals surface area (Å²) in [6, 6.07) is 14.3. The van der Waals surface area contributed by atoms with E-state index in [1.165, 1.54) is 5.56 Å². The summed E-state index contributed by atoms with van der Waals surface area (Å²) < 4.78 is 0. The monoisotopic (exact) mass is 226 g/mol. The fourth-order valence-corrected chi connectivity index (χ4v) is 2.07. The fourth-order valence-electron chi connectivity index (χ4n) is 2.07. The van der Waals surface area contributed by atoms with Gasteiger partial charge in [0.05, 0.1) is 0 Å². The second-order valence-electron chi connectivity index (χ2n) is 4.42. The minimum Gasteiger partial charge on any atom is -0.398 e. The lowest BCUT2D eigenvalue weighted by Gasteiger charge is -2.17. The summed E-state index contributed by atoms with van der Waals surface area (Å²) in [6.07, 6.45) is 0. The molecular formula is C15H18N2. The van der Waals surface area contributed by atoms with Gasteiger partial charge in [-0.2, -0.15) is 0 Å². The molecule has 0 bridgehead atoms. The Morgan fingerprint density at radius 2 is 1.59 bits per heavy atom. The first-order valence-corrected chi connectivity index (χ1v) is 5.80. The van der Waals surface area contributed by atoms with E-state index in [0.29, 0.717) is 0 Å². The van der Waals surface area contributed by atoms with Crippen LogP contribution in [0.4, 0.5) is 11.4 Å². The van der Waals surface area contributed by atoms with Gasteiger partial charge >= 0.3 is 0 Å². The van der Waals surface area contributed by atoms with E-state index in [4.69, 9.17) is 11.5 Å². The van der Waals surface area contributed by atoms with Crippen LogP contribution in [-0.2, 0) is 0 Å². The smallest absolute Gasteiger partial charge is 0.0403 e. The molecule has 0 fully saturated rings. The van der Waals surface area contributed by atoms with Crippen LogP contribution in [0.25, 0.3) is 0 Å². The van der Waals surface area contributed by atoms with E-state index in [1.807, 2.05) is 37.3 Å². The Bertz CT molecular complexity index is 518. The Balaban J connectivity index is 2.45. The highest BCUT2D eigenvalue weighted by Gasteiger charge is 2.13. The van der Waals surface area contributed by atoms with Crippen molar-refractivity contribution in [1.82, 2.24) is 0 Å². The number of anilines is 2. The number of nitrogens with two attached hydrogens (primary N) is 2. The summed E-state index contributed by atoms with van der Waals surface area (Å²) in [4.78, 5) is 0. The van der Waals surface area contributed by atoms with Gasteiger partial charge in [-0.1, -0.05) is 43.3 Å².